The first-order valence-corrected chi connectivity index (χ1v) is 10.8. The predicted octanol–water partition coefficient (Wildman–Crippen LogP) is 3.62. The molecule has 2 heterocycles. The molecule has 3 aromatic rings. The van der Waals surface area contributed by atoms with Gasteiger partial charge in [-0.2, -0.15) is 5.10 Å². The molecule has 8 nitrogen and oxygen atoms in total. The first-order chi connectivity index (χ1) is 16.1. The number of aromatic nitrogens is 2. The van der Waals surface area contributed by atoms with E-state index < -0.39 is 12.3 Å². The normalized spacial score (nSPS) is 13.8. The van der Waals surface area contributed by atoms with Crippen molar-refractivity contribution in [1.29, 1.82) is 0 Å². The van der Waals surface area contributed by atoms with Crippen LogP contribution in [0, 0.1) is 0 Å². The summed E-state index contributed by atoms with van der Waals surface area (Å²) in [6.07, 6.45) is 0.865. The molecule has 0 aliphatic carbocycles. The molecule has 0 radical (unpaired) electrons. The minimum atomic E-state index is -0.471. The largest absolute Gasteiger partial charge is 0.497 e. The third-order valence-corrected chi connectivity index (χ3v) is 5.54. The van der Waals surface area contributed by atoms with Crippen LogP contribution in [-0.2, 0) is 40.7 Å². The molecule has 0 atom stereocenters. The lowest BCUT2D eigenvalue weighted by Crippen LogP contribution is -2.09. The summed E-state index contributed by atoms with van der Waals surface area (Å²) in [7, 11) is 4.74. The van der Waals surface area contributed by atoms with E-state index in [1.165, 1.54) is 7.11 Å². The summed E-state index contributed by atoms with van der Waals surface area (Å²) in [5.41, 5.74) is 4.21. The van der Waals surface area contributed by atoms with Gasteiger partial charge in [-0.15, -0.1) is 0 Å². The SMILES string of the molecule is COC(=O)c1cc(CCc2cccc(OCc3ccc(OC)cc3)c2C2OCCO2)nn1C. The third-order valence-electron chi connectivity index (χ3n) is 5.54. The summed E-state index contributed by atoms with van der Waals surface area (Å²) in [6.45, 7) is 1.50. The zero-order chi connectivity index (χ0) is 23.2. The van der Waals surface area contributed by atoms with E-state index in [0.29, 0.717) is 38.4 Å². The lowest BCUT2D eigenvalue weighted by atomic mass is 10.00. The molecule has 0 spiro atoms. The van der Waals surface area contributed by atoms with Crippen molar-refractivity contribution in [2.24, 2.45) is 7.05 Å². The predicted molar refractivity (Wildman–Crippen MR) is 120 cm³/mol. The van der Waals surface area contributed by atoms with Gasteiger partial charge < -0.3 is 23.7 Å². The molecule has 33 heavy (non-hydrogen) atoms. The molecule has 1 aromatic heterocycles. The Bertz CT molecular complexity index is 1090. The molecule has 4 rings (SSSR count). The molecule has 0 N–H and O–H groups in total. The van der Waals surface area contributed by atoms with Crippen LogP contribution in [0.5, 0.6) is 11.5 Å². The Morgan fingerprint density at radius 3 is 2.55 bits per heavy atom. The van der Waals surface area contributed by atoms with Gasteiger partial charge in [-0.25, -0.2) is 4.79 Å². The summed E-state index contributed by atoms with van der Waals surface area (Å²) in [5, 5.41) is 4.45. The van der Waals surface area contributed by atoms with Crippen molar-refractivity contribution in [2.75, 3.05) is 27.4 Å². The quantitative estimate of drug-likeness (QED) is 0.459. The molecule has 0 saturated carbocycles. The third kappa shape index (κ3) is 5.35. The second-order valence-corrected chi connectivity index (χ2v) is 7.68. The number of methoxy groups -OCH3 is 2. The van der Waals surface area contributed by atoms with Crippen LogP contribution in [0.4, 0.5) is 0 Å². The molecule has 0 unspecified atom stereocenters. The molecular formula is C25H28N2O6. The van der Waals surface area contributed by atoms with Crippen LogP contribution in [0.3, 0.4) is 0 Å². The average molecular weight is 453 g/mol. The second kappa shape index (κ2) is 10.5. The number of carbonyl (C=O) groups excluding carboxylic acids is 1. The van der Waals surface area contributed by atoms with E-state index in [9.17, 15) is 4.79 Å². The van der Waals surface area contributed by atoms with Gasteiger partial charge >= 0.3 is 5.97 Å². The summed E-state index contributed by atoms with van der Waals surface area (Å²) in [5.74, 6) is 1.13. The van der Waals surface area contributed by atoms with E-state index in [4.69, 9.17) is 23.7 Å². The van der Waals surface area contributed by atoms with Gasteiger partial charge in [0.15, 0.2) is 6.29 Å². The molecule has 1 aliphatic heterocycles. The van der Waals surface area contributed by atoms with Gasteiger partial charge in [-0.3, -0.25) is 4.68 Å². The van der Waals surface area contributed by atoms with E-state index in [0.717, 1.165) is 33.9 Å². The minimum absolute atomic E-state index is 0.404. The zero-order valence-corrected chi connectivity index (χ0v) is 19.1. The average Bonchev–Trinajstić information content (AvgIpc) is 3.51. The molecule has 0 amide bonds. The standard InChI is InChI=1S/C25H28N2O6/c1-27-21(24(28)30-3)15-19(26-27)10-9-18-5-4-6-22(23(18)25-31-13-14-32-25)33-16-17-7-11-20(29-2)12-8-17/h4-8,11-12,15,25H,9-10,13-14,16H2,1-3H3. The van der Waals surface area contributed by atoms with Crippen LogP contribution < -0.4 is 9.47 Å². The fourth-order valence-electron chi connectivity index (χ4n) is 3.82. The maximum absolute atomic E-state index is 11.9. The van der Waals surface area contributed by atoms with Crippen LogP contribution >= 0.6 is 0 Å². The Kier molecular flexibility index (Phi) is 7.26. The Morgan fingerprint density at radius 1 is 1.09 bits per heavy atom. The molecule has 1 fully saturated rings. The van der Waals surface area contributed by atoms with Crippen molar-refractivity contribution in [3.05, 3.63) is 76.6 Å². The zero-order valence-electron chi connectivity index (χ0n) is 19.1. The van der Waals surface area contributed by atoms with Gasteiger partial charge in [0.05, 0.1) is 38.7 Å². The number of esters is 1. The van der Waals surface area contributed by atoms with Gasteiger partial charge in [0.1, 0.15) is 23.8 Å². The maximum Gasteiger partial charge on any atom is 0.356 e. The second-order valence-electron chi connectivity index (χ2n) is 7.68. The van der Waals surface area contributed by atoms with Crippen LogP contribution in [0.25, 0.3) is 0 Å². The number of ether oxygens (including phenoxy) is 5. The fourth-order valence-corrected chi connectivity index (χ4v) is 3.82. The van der Waals surface area contributed by atoms with Gasteiger partial charge in [-0.05, 0) is 48.2 Å². The van der Waals surface area contributed by atoms with Crippen LogP contribution in [-0.4, -0.2) is 43.2 Å². The molecule has 1 saturated heterocycles. The Labute approximate surface area is 193 Å². The molecule has 1 aliphatic rings. The highest BCUT2D eigenvalue weighted by molar-refractivity contribution is 5.87. The molecule has 174 valence electrons. The lowest BCUT2D eigenvalue weighted by Gasteiger charge is -2.19. The Morgan fingerprint density at radius 2 is 1.85 bits per heavy atom. The van der Waals surface area contributed by atoms with E-state index in [-0.39, 0.29) is 0 Å². The Hall–Kier alpha value is -3.36. The molecular weight excluding hydrogens is 424 g/mol. The van der Waals surface area contributed by atoms with E-state index in [2.05, 4.69) is 5.10 Å². The number of carbonyl (C=O) groups is 1. The lowest BCUT2D eigenvalue weighted by molar-refractivity contribution is -0.0465. The van der Waals surface area contributed by atoms with Crippen molar-refractivity contribution in [1.82, 2.24) is 9.78 Å². The molecule has 0 bridgehead atoms. The van der Waals surface area contributed by atoms with Crippen molar-refractivity contribution >= 4 is 5.97 Å². The molecule has 8 heteroatoms. The van der Waals surface area contributed by atoms with Crippen molar-refractivity contribution in [2.45, 2.75) is 25.7 Å². The van der Waals surface area contributed by atoms with Gasteiger partial charge in [-0.1, -0.05) is 24.3 Å². The highest BCUT2D eigenvalue weighted by Gasteiger charge is 2.25. The molecule has 2 aromatic carbocycles. The van der Waals surface area contributed by atoms with Crippen LogP contribution in [0.2, 0.25) is 0 Å². The summed E-state index contributed by atoms with van der Waals surface area (Å²) >= 11 is 0. The van der Waals surface area contributed by atoms with Crippen LogP contribution in [0.1, 0.15) is 39.2 Å². The number of rotatable bonds is 9. The minimum Gasteiger partial charge on any atom is -0.497 e. The summed E-state index contributed by atoms with van der Waals surface area (Å²) in [6, 6.07) is 15.5. The van der Waals surface area contributed by atoms with Crippen molar-refractivity contribution in [3.8, 4) is 11.5 Å². The van der Waals surface area contributed by atoms with E-state index >= 15 is 0 Å². The van der Waals surface area contributed by atoms with E-state index in [1.54, 1.807) is 24.9 Å². The smallest absolute Gasteiger partial charge is 0.356 e. The number of hydrogen-bond acceptors (Lipinski definition) is 7. The summed E-state index contributed by atoms with van der Waals surface area (Å²) < 4.78 is 29.4. The first-order valence-electron chi connectivity index (χ1n) is 10.8. The number of hydrogen-bond donors (Lipinski definition) is 0. The number of aryl methyl sites for hydroxylation is 3. The van der Waals surface area contributed by atoms with Gasteiger partial charge in [0, 0.05) is 7.05 Å². The van der Waals surface area contributed by atoms with E-state index in [1.807, 2.05) is 42.5 Å². The Balaban J connectivity index is 1.53. The van der Waals surface area contributed by atoms with Crippen LogP contribution in [0.15, 0.2) is 48.5 Å². The fraction of sp³-hybridized carbons (Fsp3) is 0.360. The van der Waals surface area contributed by atoms with Crippen molar-refractivity contribution in [3.63, 3.8) is 0 Å². The van der Waals surface area contributed by atoms with Gasteiger partial charge in [0.2, 0.25) is 0 Å². The number of benzene rings is 2. The monoisotopic (exact) mass is 452 g/mol. The van der Waals surface area contributed by atoms with Gasteiger partial charge in [0.25, 0.3) is 0 Å². The summed E-state index contributed by atoms with van der Waals surface area (Å²) in [4.78, 5) is 11.9. The highest BCUT2D eigenvalue weighted by Crippen LogP contribution is 2.35. The maximum atomic E-state index is 11.9. The number of nitrogens with zero attached hydrogens (tertiary/aromatic N) is 2. The highest BCUT2D eigenvalue weighted by atomic mass is 16.7. The van der Waals surface area contributed by atoms with Crippen molar-refractivity contribution < 1.29 is 28.5 Å². The topological polar surface area (TPSA) is 81.0 Å². The first kappa shape index (κ1) is 22.8.